The van der Waals surface area contributed by atoms with Crippen molar-refractivity contribution in [3.05, 3.63) is 41.7 Å². The summed E-state index contributed by atoms with van der Waals surface area (Å²) in [6.07, 6.45) is 1.44. The molecule has 7 heteroatoms. The van der Waals surface area contributed by atoms with Gasteiger partial charge in [0.05, 0.1) is 5.75 Å². The molecule has 1 N–H and O–H groups in total. The number of hydrogen-bond acceptors (Lipinski definition) is 5. The molecule has 0 spiro atoms. The van der Waals surface area contributed by atoms with E-state index >= 15 is 0 Å². The number of aromatic nitrogens is 2. The van der Waals surface area contributed by atoms with Crippen LogP contribution in [0.2, 0.25) is 0 Å². The van der Waals surface area contributed by atoms with Gasteiger partial charge in [-0.05, 0) is 51.5 Å². The molecule has 0 radical (unpaired) electrons. The van der Waals surface area contributed by atoms with E-state index in [1.54, 1.807) is 4.90 Å². The lowest BCUT2D eigenvalue weighted by molar-refractivity contribution is -0.117. The number of thioether (sulfide) groups is 1. The van der Waals surface area contributed by atoms with Crippen molar-refractivity contribution in [3.63, 3.8) is 0 Å². The number of hydrogen-bond donors (Lipinski definition) is 1. The first-order chi connectivity index (χ1) is 12.4. The molecule has 0 saturated carbocycles. The second-order valence-electron chi connectivity index (χ2n) is 6.47. The van der Waals surface area contributed by atoms with Crippen LogP contribution in [0, 0.1) is 13.8 Å². The van der Waals surface area contributed by atoms with E-state index in [-0.39, 0.29) is 23.6 Å². The van der Waals surface area contributed by atoms with Crippen LogP contribution in [-0.4, -0.2) is 33.6 Å². The van der Waals surface area contributed by atoms with Gasteiger partial charge in [0.2, 0.25) is 11.8 Å². The predicted molar refractivity (Wildman–Crippen MR) is 103 cm³/mol. The third-order valence-electron chi connectivity index (χ3n) is 4.19. The van der Waals surface area contributed by atoms with Crippen LogP contribution in [0.4, 0.5) is 11.4 Å². The predicted octanol–water partition coefficient (Wildman–Crippen LogP) is 3.34. The molecule has 2 aromatic rings. The van der Waals surface area contributed by atoms with E-state index in [0.717, 1.165) is 23.5 Å². The molecule has 3 rings (SSSR count). The van der Waals surface area contributed by atoms with E-state index < -0.39 is 0 Å². The highest BCUT2D eigenvalue weighted by atomic mass is 32.2. The Morgan fingerprint density at radius 3 is 2.65 bits per heavy atom. The first-order valence-corrected chi connectivity index (χ1v) is 9.58. The smallest absolute Gasteiger partial charge is 0.234 e. The molecule has 2 heterocycles. The third kappa shape index (κ3) is 4.40. The highest BCUT2D eigenvalue weighted by Gasteiger charge is 2.28. The SMILES string of the molecule is Cc1cc(C)nc(SCC(=O)Nc2cccc(N3C(=O)CCC3C)c2)n1. The van der Waals surface area contributed by atoms with Crippen LogP contribution in [0.15, 0.2) is 35.5 Å². The van der Waals surface area contributed by atoms with Gasteiger partial charge in [0.25, 0.3) is 0 Å². The molecule has 1 aromatic heterocycles. The molecule has 136 valence electrons. The van der Waals surface area contributed by atoms with Crippen LogP contribution < -0.4 is 10.2 Å². The summed E-state index contributed by atoms with van der Waals surface area (Å²) in [6.45, 7) is 5.85. The molecule has 1 aromatic carbocycles. The number of anilines is 2. The molecule has 1 aliphatic heterocycles. The van der Waals surface area contributed by atoms with Crippen LogP contribution >= 0.6 is 11.8 Å². The van der Waals surface area contributed by atoms with Crippen LogP contribution in [0.25, 0.3) is 0 Å². The van der Waals surface area contributed by atoms with E-state index in [2.05, 4.69) is 15.3 Å². The minimum atomic E-state index is -0.129. The fourth-order valence-corrected chi connectivity index (χ4v) is 3.79. The Balaban J connectivity index is 1.62. The summed E-state index contributed by atoms with van der Waals surface area (Å²) in [5.74, 6) is 0.228. The Kier molecular flexibility index (Phi) is 5.56. The van der Waals surface area contributed by atoms with Gasteiger partial charge in [-0.25, -0.2) is 9.97 Å². The van der Waals surface area contributed by atoms with Crippen molar-refractivity contribution >= 4 is 35.0 Å². The fraction of sp³-hybridized carbons (Fsp3) is 0.368. The van der Waals surface area contributed by atoms with Gasteiger partial charge in [0.15, 0.2) is 5.16 Å². The molecule has 2 amide bonds. The standard InChI is InChI=1S/C19H22N4O2S/c1-12-9-13(2)21-19(20-12)26-11-17(24)22-15-5-4-6-16(10-15)23-14(3)7-8-18(23)25/h4-6,9-10,14H,7-8,11H2,1-3H3,(H,22,24). The Hall–Kier alpha value is -2.41. The number of rotatable bonds is 5. The van der Waals surface area contributed by atoms with E-state index in [4.69, 9.17) is 0 Å². The summed E-state index contributed by atoms with van der Waals surface area (Å²) in [5, 5.41) is 3.48. The van der Waals surface area contributed by atoms with Crippen LogP contribution in [0.3, 0.4) is 0 Å². The Labute approximate surface area is 157 Å². The Morgan fingerprint density at radius 2 is 2.00 bits per heavy atom. The summed E-state index contributed by atoms with van der Waals surface area (Å²) < 4.78 is 0. The summed E-state index contributed by atoms with van der Waals surface area (Å²) >= 11 is 1.31. The van der Waals surface area contributed by atoms with Gasteiger partial charge in [-0.15, -0.1) is 0 Å². The zero-order chi connectivity index (χ0) is 18.7. The maximum absolute atomic E-state index is 12.2. The Bertz CT molecular complexity index is 820. The minimum absolute atomic E-state index is 0.128. The molecule has 1 fully saturated rings. The van der Waals surface area contributed by atoms with Crippen molar-refractivity contribution in [2.45, 2.75) is 44.8 Å². The second kappa shape index (κ2) is 7.86. The van der Waals surface area contributed by atoms with Gasteiger partial charge in [-0.3, -0.25) is 9.59 Å². The van der Waals surface area contributed by atoms with Gasteiger partial charge in [0, 0.05) is 35.2 Å². The summed E-state index contributed by atoms with van der Waals surface area (Å²) in [7, 11) is 0. The molecule has 0 aliphatic carbocycles. The normalized spacial score (nSPS) is 16.8. The molecule has 6 nitrogen and oxygen atoms in total. The van der Waals surface area contributed by atoms with Gasteiger partial charge >= 0.3 is 0 Å². The molecular formula is C19H22N4O2S. The van der Waals surface area contributed by atoms with Gasteiger partial charge in [0.1, 0.15) is 0 Å². The summed E-state index contributed by atoms with van der Waals surface area (Å²) in [6, 6.07) is 9.50. The molecule has 26 heavy (non-hydrogen) atoms. The number of carbonyl (C=O) groups excluding carboxylic acids is 2. The Morgan fingerprint density at radius 1 is 1.27 bits per heavy atom. The van der Waals surface area contributed by atoms with E-state index in [1.165, 1.54) is 11.8 Å². The highest BCUT2D eigenvalue weighted by Crippen LogP contribution is 2.28. The van der Waals surface area contributed by atoms with E-state index in [0.29, 0.717) is 17.3 Å². The van der Waals surface area contributed by atoms with Crippen LogP contribution in [0.1, 0.15) is 31.2 Å². The average Bonchev–Trinajstić information content (AvgIpc) is 2.91. The van der Waals surface area contributed by atoms with Crippen molar-refractivity contribution in [3.8, 4) is 0 Å². The molecule has 1 saturated heterocycles. The topological polar surface area (TPSA) is 75.2 Å². The molecule has 1 unspecified atom stereocenters. The zero-order valence-electron chi connectivity index (χ0n) is 15.2. The maximum atomic E-state index is 12.2. The second-order valence-corrected chi connectivity index (χ2v) is 7.41. The van der Waals surface area contributed by atoms with E-state index in [1.807, 2.05) is 51.1 Å². The molecule has 0 bridgehead atoms. The first kappa shape index (κ1) is 18.4. The van der Waals surface area contributed by atoms with Gasteiger partial charge in [-0.2, -0.15) is 0 Å². The van der Waals surface area contributed by atoms with Crippen LogP contribution in [-0.2, 0) is 9.59 Å². The number of aryl methyl sites for hydroxylation is 2. The van der Waals surface area contributed by atoms with Gasteiger partial charge in [-0.1, -0.05) is 17.8 Å². The lowest BCUT2D eigenvalue weighted by Gasteiger charge is -2.22. The average molecular weight is 370 g/mol. The van der Waals surface area contributed by atoms with Crippen molar-refractivity contribution < 1.29 is 9.59 Å². The fourth-order valence-electron chi connectivity index (χ4n) is 3.05. The van der Waals surface area contributed by atoms with Crippen molar-refractivity contribution in [1.82, 2.24) is 9.97 Å². The van der Waals surface area contributed by atoms with Crippen molar-refractivity contribution in [2.24, 2.45) is 0 Å². The van der Waals surface area contributed by atoms with Crippen molar-refractivity contribution in [2.75, 3.05) is 16.0 Å². The first-order valence-electron chi connectivity index (χ1n) is 8.59. The summed E-state index contributed by atoms with van der Waals surface area (Å²) in [5.41, 5.74) is 3.28. The minimum Gasteiger partial charge on any atom is -0.325 e. The van der Waals surface area contributed by atoms with E-state index in [9.17, 15) is 9.59 Å². The molecule has 1 aliphatic rings. The lowest BCUT2D eigenvalue weighted by atomic mass is 10.2. The third-order valence-corrected chi connectivity index (χ3v) is 5.03. The number of nitrogens with zero attached hydrogens (tertiary/aromatic N) is 3. The van der Waals surface area contributed by atoms with Crippen LogP contribution in [0.5, 0.6) is 0 Å². The van der Waals surface area contributed by atoms with Gasteiger partial charge < -0.3 is 10.2 Å². The quantitative estimate of drug-likeness (QED) is 0.645. The lowest BCUT2D eigenvalue weighted by Crippen LogP contribution is -2.30. The molecular weight excluding hydrogens is 348 g/mol. The van der Waals surface area contributed by atoms with Crippen molar-refractivity contribution in [1.29, 1.82) is 0 Å². The zero-order valence-corrected chi connectivity index (χ0v) is 16.0. The number of benzene rings is 1. The number of carbonyl (C=O) groups is 2. The number of nitrogens with one attached hydrogen (secondary N) is 1. The molecule has 1 atom stereocenters. The largest absolute Gasteiger partial charge is 0.325 e. The number of amides is 2. The maximum Gasteiger partial charge on any atom is 0.234 e. The highest BCUT2D eigenvalue weighted by molar-refractivity contribution is 7.99. The summed E-state index contributed by atoms with van der Waals surface area (Å²) in [4.78, 5) is 34.8. The monoisotopic (exact) mass is 370 g/mol.